The molecule has 5 nitrogen and oxygen atoms in total. The summed E-state index contributed by atoms with van der Waals surface area (Å²) in [5.74, 6) is 1.79. The number of likely N-dealkylation sites (tertiary alicyclic amines) is 2. The number of hydrogen-bond acceptors (Lipinski definition) is 4. The fourth-order valence-electron chi connectivity index (χ4n) is 5.41. The lowest BCUT2D eigenvalue weighted by atomic mass is 9.81. The monoisotopic (exact) mass is 427 g/mol. The summed E-state index contributed by atoms with van der Waals surface area (Å²) >= 11 is 0. The van der Waals surface area contributed by atoms with E-state index in [1.165, 1.54) is 11.1 Å². The molecule has 0 saturated carbocycles. The first kappa shape index (κ1) is 20.7. The van der Waals surface area contributed by atoms with Crippen LogP contribution in [0.2, 0.25) is 0 Å². The molecule has 1 aromatic heterocycles. The number of fused-ring (bicyclic) bond motifs is 1. The predicted molar refractivity (Wildman–Crippen MR) is 125 cm³/mol. The number of hydrogen-bond donors (Lipinski definition) is 0. The van der Waals surface area contributed by atoms with E-state index in [1.807, 2.05) is 29.2 Å². The minimum absolute atomic E-state index is 0.112. The largest absolute Gasteiger partial charge is 0.497 e. The SMILES string of the molecule is COc1ccc([C@H]2CN(Cc3ccccc3)[C@@H]3CCN(C(=O)c4ccncc4)C[C@H]23)cc1. The van der Waals surface area contributed by atoms with E-state index in [-0.39, 0.29) is 5.91 Å². The number of pyridine rings is 1. The van der Waals surface area contributed by atoms with Gasteiger partial charge in [0.1, 0.15) is 5.75 Å². The summed E-state index contributed by atoms with van der Waals surface area (Å²) in [6.45, 7) is 3.54. The summed E-state index contributed by atoms with van der Waals surface area (Å²) in [4.78, 5) is 21.9. The molecule has 2 aliphatic heterocycles. The fraction of sp³-hybridized carbons (Fsp3) is 0.333. The quantitative estimate of drug-likeness (QED) is 0.612. The van der Waals surface area contributed by atoms with Crippen LogP contribution < -0.4 is 4.74 Å². The Morgan fingerprint density at radius 2 is 1.75 bits per heavy atom. The minimum Gasteiger partial charge on any atom is -0.497 e. The average molecular weight is 428 g/mol. The molecule has 1 amide bonds. The van der Waals surface area contributed by atoms with Crippen molar-refractivity contribution < 1.29 is 9.53 Å². The van der Waals surface area contributed by atoms with Crippen LogP contribution in [-0.4, -0.2) is 53.5 Å². The van der Waals surface area contributed by atoms with E-state index < -0.39 is 0 Å². The van der Waals surface area contributed by atoms with Crippen LogP contribution in [0.25, 0.3) is 0 Å². The fourth-order valence-corrected chi connectivity index (χ4v) is 5.41. The van der Waals surface area contributed by atoms with Gasteiger partial charge >= 0.3 is 0 Å². The number of rotatable bonds is 5. The van der Waals surface area contributed by atoms with E-state index >= 15 is 0 Å². The second-order valence-corrected chi connectivity index (χ2v) is 8.80. The van der Waals surface area contributed by atoms with Gasteiger partial charge in [0.25, 0.3) is 5.91 Å². The van der Waals surface area contributed by atoms with E-state index in [2.05, 4.69) is 52.3 Å². The van der Waals surface area contributed by atoms with Crippen molar-refractivity contribution in [2.45, 2.75) is 24.9 Å². The molecule has 0 spiro atoms. The van der Waals surface area contributed by atoms with Gasteiger partial charge in [0.05, 0.1) is 7.11 Å². The lowest BCUT2D eigenvalue weighted by Crippen LogP contribution is -2.48. The van der Waals surface area contributed by atoms with Crippen LogP contribution in [0.15, 0.2) is 79.1 Å². The molecule has 0 aliphatic carbocycles. The molecule has 164 valence electrons. The maximum Gasteiger partial charge on any atom is 0.253 e. The molecule has 0 radical (unpaired) electrons. The van der Waals surface area contributed by atoms with Gasteiger partial charge in [-0.25, -0.2) is 0 Å². The van der Waals surface area contributed by atoms with Crippen molar-refractivity contribution in [2.24, 2.45) is 5.92 Å². The molecule has 2 fully saturated rings. The zero-order valence-electron chi connectivity index (χ0n) is 18.4. The van der Waals surface area contributed by atoms with Crippen LogP contribution in [0.4, 0.5) is 0 Å². The van der Waals surface area contributed by atoms with Crippen molar-refractivity contribution >= 4 is 5.91 Å². The van der Waals surface area contributed by atoms with Crippen molar-refractivity contribution in [3.05, 3.63) is 95.8 Å². The first-order valence-corrected chi connectivity index (χ1v) is 11.3. The van der Waals surface area contributed by atoms with Crippen LogP contribution in [0.1, 0.15) is 33.8 Å². The van der Waals surface area contributed by atoms with E-state index in [1.54, 1.807) is 19.5 Å². The molecule has 2 aliphatic rings. The van der Waals surface area contributed by atoms with Crippen LogP contribution in [0.5, 0.6) is 5.75 Å². The second kappa shape index (κ2) is 9.13. The Hall–Kier alpha value is -3.18. The summed E-state index contributed by atoms with van der Waals surface area (Å²) in [5, 5.41) is 0. The maximum absolute atomic E-state index is 13.2. The number of carbonyl (C=O) groups excluding carboxylic acids is 1. The Morgan fingerprint density at radius 3 is 2.47 bits per heavy atom. The normalized spacial score (nSPS) is 23.0. The highest BCUT2D eigenvalue weighted by molar-refractivity contribution is 5.94. The third kappa shape index (κ3) is 4.13. The van der Waals surface area contributed by atoms with Gasteiger partial charge in [-0.1, -0.05) is 42.5 Å². The van der Waals surface area contributed by atoms with E-state index in [9.17, 15) is 4.79 Å². The molecular formula is C27H29N3O2. The number of benzene rings is 2. The number of nitrogens with zero attached hydrogens (tertiary/aromatic N) is 3. The highest BCUT2D eigenvalue weighted by Crippen LogP contribution is 2.42. The Balaban J connectivity index is 1.40. The summed E-state index contributed by atoms with van der Waals surface area (Å²) in [5.41, 5.74) is 3.39. The van der Waals surface area contributed by atoms with E-state index in [4.69, 9.17) is 4.74 Å². The number of amides is 1. The van der Waals surface area contributed by atoms with Crippen molar-refractivity contribution in [3.8, 4) is 5.75 Å². The number of methoxy groups -OCH3 is 1. The van der Waals surface area contributed by atoms with Crippen LogP contribution >= 0.6 is 0 Å². The van der Waals surface area contributed by atoms with E-state index in [0.29, 0.717) is 17.9 Å². The van der Waals surface area contributed by atoms with Gasteiger partial charge in [-0.15, -0.1) is 0 Å². The maximum atomic E-state index is 13.2. The molecule has 3 aromatic rings. The highest BCUT2D eigenvalue weighted by Gasteiger charge is 2.45. The second-order valence-electron chi connectivity index (χ2n) is 8.80. The number of carbonyl (C=O) groups is 1. The Bertz CT molecular complexity index is 1040. The third-order valence-electron chi connectivity index (χ3n) is 7.02. The van der Waals surface area contributed by atoms with Crippen molar-refractivity contribution in [3.63, 3.8) is 0 Å². The molecular weight excluding hydrogens is 398 g/mol. The van der Waals surface area contributed by atoms with Gasteiger partial charge in [0, 0.05) is 62.0 Å². The van der Waals surface area contributed by atoms with Crippen molar-refractivity contribution in [2.75, 3.05) is 26.7 Å². The van der Waals surface area contributed by atoms with Crippen LogP contribution in [-0.2, 0) is 6.54 Å². The topological polar surface area (TPSA) is 45.7 Å². The van der Waals surface area contributed by atoms with Crippen molar-refractivity contribution in [1.29, 1.82) is 0 Å². The van der Waals surface area contributed by atoms with Gasteiger partial charge in [-0.05, 0) is 41.8 Å². The van der Waals surface area contributed by atoms with Gasteiger partial charge in [-0.2, -0.15) is 0 Å². The van der Waals surface area contributed by atoms with Crippen LogP contribution in [0, 0.1) is 5.92 Å². The number of aromatic nitrogens is 1. The zero-order chi connectivity index (χ0) is 21.9. The lowest BCUT2D eigenvalue weighted by Gasteiger charge is -2.39. The minimum atomic E-state index is 0.112. The molecule has 32 heavy (non-hydrogen) atoms. The number of piperidine rings is 1. The Morgan fingerprint density at radius 1 is 1.00 bits per heavy atom. The third-order valence-corrected chi connectivity index (χ3v) is 7.02. The van der Waals surface area contributed by atoms with Crippen LogP contribution in [0.3, 0.4) is 0 Å². The molecule has 3 atom stereocenters. The summed E-state index contributed by atoms with van der Waals surface area (Å²) in [7, 11) is 1.70. The molecule has 0 bridgehead atoms. The zero-order valence-corrected chi connectivity index (χ0v) is 18.4. The Kier molecular flexibility index (Phi) is 5.91. The van der Waals surface area contributed by atoms with E-state index in [0.717, 1.165) is 43.9 Å². The molecule has 2 aromatic carbocycles. The standard InChI is InChI=1S/C27H29N3O2/c1-32-23-9-7-21(8-10-23)24-18-30(17-20-5-3-2-4-6-20)26-13-16-29(19-25(24)26)27(31)22-11-14-28-15-12-22/h2-12,14-15,24-26H,13,16-19H2,1H3/t24-,25-,26-/m1/s1. The Labute approximate surface area is 189 Å². The molecule has 5 heteroatoms. The van der Waals surface area contributed by atoms with Gasteiger partial charge in [0.2, 0.25) is 0 Å². The first-order chi connectivity index (χ1) is 15.7. The smallest absolute Gasteiger partial charge is 0.253 e. The highest BCUT2D eigenvalue weighted by atomic mass is 16.5. The molecule has 2 saturated heterocycles. The molecule has 3 heterocycles. The van der Waals surface area contributed by atoms with Gasteiger partial charge in [-0.3, -0.25) is 14.7 Å². The summed E-state index contributed by atoms with van der Waals surface area (Å²) in [6, 6.07) is 23.3. The van der Waals surface area contributed by atoms with Crippen molar-refractivity contribution in [1.82, 2.24) is 14.8 Å². The number of ether oxygens (including phenoxy) is 1. The van der Waals surface area contributed by atoms with Gasteiger partial charge < -0.3 is 9.64 Å². The molecule has 0 unspecified atom stereocenters. The summed E-state index contributed by atoms with van der Waals surface area (Å²) < 4.78 is 5.37. The summed E-state index contributed by atoms with van der Waals surface area (Å²) in [6.07, 6.45) is 4.38. The predicted octanol–water partition coefficient (Wildman–Crippen LogP) is 4.22. The van der Waals surface area contributed by atoms with Gasteiger partial charge in [0.15, 0.2) is 0 Å². The molecule has 0 N–H and O–H groups in total. The first-order valence-electron chi connectivity index (χ1n) is 11.3. The lowest BCUT2D eigenvalue weighted by molar-refractivity contribution is 0.0584. The molecule has 5 rings (SSSR count). The average Bonchev–Trinajstić information content (AvgIpc) is 3.22.